The lowest BCUT2D eigenvalue weighted by atomic mass is 9.99. The van der Waals surface area contributed by atoms with Gasteiger partial charge < -0.3 is 9.64 Å². The Kier molecular flexibility index (Phi) is 7.57. The molecule has 0 spiro atoms. The van der Waals surface area contributed by atoms with Crippen LogP contribution in [0.25, 0.3) is 10.8 Å². The van der Waals surface area contributed by atoms with E-state index < -0.39 is 0 Å². The van der Waals surface area contributed by atoms with Crippen LogP contribution in [0.5, 0.6) is 5.75 Å². The third-order valence-corrected chi connectivity index (χ3v) is 6.82. The smallest absolute Gasteiger partial charge is 0.244 e. The molecule has 7 nitrogen and oxygen atoms in total. The van der Waals surface area contributed by atoms with Gasteiger partial charge in [-0.15, -0.1) is 0 Å². The van der Waals surface area contributed by atoms with Crippen molar-refractivity contribution in [2.45, 2.75) is 32.5 Å². The molecule has 36 heavy (non-hydrogen) atoms. The minimum Gasteiger partial charge on any atom is -0.493 e. The van der Waals surface area contributed by atoms with E-state index in [0.717, 1.165) is 44.8 Å². The molecule has 1 fully saturated rings. The van der Waals surface area contributed by atoms with Crippen LogP contribution in [0.2, 0.25) is 0 Å². The maximum atomic E-state index is 12.6. The first-order chi connectivity index (χ1) is 17.6. The van der Waals surface area contributed by atoms with E-state index in [0.29, 0.717) is 12.5 Å². The standard InChI is InChI=1S/C29H33N5O2/c1-32(18-26-9-4-8-25-7-2-3-10-28(25)26)16-23-11-13-27(14-12-23)36-20-24-6-5-15-33(17-24)29(35)19-34-22-30-21-31-34/h2-4,7-14,21-22,24H,5-6,15-20H2,1H3/t24-/m1/s1. The summed E-state index contributed by atoms with van der Waals surface area (Å²) in [6.45, 7) is 4.15. The monoisotopic (exact) mass is 483 g/mol. The molecule has 1 aliphatic heterocycles. The Morgan fingerprint density at radius 1 is 1.06 bits per heavy atom. The van der Waals surface area contributed by atoms with E-state index in [-0.39, 0.29) is 12.5 Å². The molecule has 7 heteroatoms. The first kappa shape index (κ1) is 24.0. The van der Waals surface area contributed by atoms with Gasteiger partial charge in [0.15, 0.2) is 0 Å². The highest BCUT2D eigenvalue weighted by Gasteiger charge is 2.24. The van der Waals surface area contributed by atoms with Crippen molar-refractivity contribution in [2.24, 2.45) is 5.92 Å². The summed E-state index contributed by atoms with van der Waals surface area (Å²) in [5.41, 5.74) is 2.60. The van der Waals surface area contributed by atoms with Crippen molar-refractivity contribution in [3.8, 4) is 5.75 Å². The van der Waals surface area contributed by atoms with Gasteiger partial charge in [0, 0.05) is 32.1 Å². The molecule has 5 rings (SSSR count). The van der Waals surface area contributed by atoms with Gasteiger partial charge in [0.25, 0.3) is 0 Å². The molecule has 0 bridgehead atoms. The van der Waals surface area contributed by atoms with Crippen LogP contribution in [0.4, 0.5) is 0 Å². The normalized spacial score (nSPS) is 15.9. The van der Waals surface area contributed by atoms with Crippen molar-refractivity contribution >= 4 is 16.7 Å². The number of hydrogen-bond donors (Lipinski definition) is 0. The van der Waals surface area contributed by atoms with Crippen molar-refractivity contribution in [1.29, 1.82) is 0 Å². The summed E-state index contributed by atoms with van der Waals surface area (Å²) in [6.07, 6.45) is 5.10. The summed E-state index contributed by atoms with van der Waals surface area (Å²) in [5.74, 6) is 1.30. The van der Waals surface area contributed by atoms with Crippen LogP contribution in [-0.4, -0.2) is 57.2 Å². The molecular formula is C29H33N5O2. The third kappa shape index (κ3) is 6.10. The number of likely N-dealkylation sites (tertiary alicyclic amines) is 1. The minimum atomic E-state index is 0.0853. The maximum absolute atomic E-state index is 12.6. The molecule has 3 aromatic carbocycles. The van der Waals surface area contributed by atoms with Gasteiger partial charge in [-0.1, -0.05) is 54.6 Å². The Hall–Kier alpha value is -3.71. The van der Waals surface area contributed by atoms with Crippen LogP contribution < -0.4 is 4.74 Å². The van der Waals surface area contributed by atoms with Gasteiger partial charge in [-0.3, -0.25) is 9.69 Å². The van der Waals surface area contributed by atoms with Gasteiger partial charge >= 0.3 is 0 Å². The Balaban J connectivity index is 1.10. The number of rotatable bonds is 9. The van der Waals surface area contributed by atoms with Crippen LogP contribution in [0.15, 0.2) is 79.4 Å². The number of fused-ring (bicyclic) bond motifs is 1. The molecule has 0 saturated carbocycles. The molecule has 1 aliphatic rings. The van der Waals surface area contributed by atoms with E-state index in [1.54, 1.807) is 11.0 Å². The van der Waals surface area contributed by atoms with Crippen molar-refractivity contribution < 1.29 is 9.53 Å². The van der Waals surface area contributed by atoms with Gasteiger partial charge in [0.05, 0.1) is 6.61 Å². The Labute approximate surface area is 212 Å². The molecule has 1 aromatic heterocycles. The Morgan fingerprint density at radius 3 is 2.72 bits per heavy atom. The molecule has 186 valence electrons. The second kappa shape index (κ2) is 11.4. The predicted octanol–water partition coefficient (Wildman–Crippen LogP) is 4.38. The first-order valence-corrected chi connectivity index (χ1v) is 12.6. The average Bonchev–Trinajstić information content (AvgIpc) is 3.42. The number of nitrogens with zero attached hydrogens (tertiary/aromatic N) is 5. The van der Waals surface area contributed by atoms with Gasteiger partial charge in [0.2, 0.25) is 5.91 Å². The summed E-state index contributed by atoms with van der Waals surface area (Å²) in [5, 5.41) is 6.63. The fraction of sp³-hybridized carbons (Fsp3) is 0.345. The number of piperidine rings is 1. The number of benzene rings is 3. The van der Waals surface area contributed by atoms with Crippen molar-refractivity contribution in [2.75, 3.05) is 26.7 Å². The highest BCUT2D eigenvalue weighted by Crippen LogP contribution is 2.22. The largest absolute Gasteiger partial charge is 0.493 e. The van der Waals surface area contributed by atoms with E-state index in [1.807, 2.05) is 4.90 Å². The van der Waals surface area contributed by atoms with E-state index >= 15 is 0 Å². The SMILES string of the molecule is CN(Cc1ccc(OC[C@@H]2CCCN(C(=O)Cn3cncn3)C2)cc1)Cc1cccc2ccccc12. The zero-order valence-electron chi connectivity index (χ0n) is 20.8. The molecule has 1 amide bonds. The number of carbonyl (C=O) groups is 1. The summed E-state index contributed by atoms with van der Waals surface area (Å²) in [4.78, 5) is 20.8. The molecule has 0 aliphatic carbocycles. The van der Waals surface area contributed by atoms with Crippen LogP contribution >= 0.6 is 0 Å². The van der Waals surface area contributed by atoms with Gasteiger partial charge in [-0.25, -0.2) is 9.67 Å². The molecule has 0 N–H and O–H groups in total. The number of carbonyl (C=O) groups excluding carboxylic acids is 1. The maximum Gasteiger partial charge on any atom is 0.244 e. The van der Waals surface area contributed by atoms with Crippen LogP contribution in [0.3, 0.4) is 0 Å². The predicted molar refractivity (Wildman–Crippen MR) is 140 cm³/mol. The lowest BCUT2D eigenvalue weighted by molar-refractivity contribution is -0.134. The van der Waals surface area contributed by atoms with E-state index in [1.165, 1.54) is 28.2 Å². The molecule has 4 aromatic rings. The zero-order chi connectivity index (χ0) is 24.7. The lowest BCUT2D eigenvalue weighted by Gasteiger charge is -2.32. The van der Waals surface area contributed by atoms with Crippen molar-refractivity contribution in [3.63, 3.8) is 0 Å². The highest BCUT2D eigenvalue weighted by atomic mass is 16.5. The Bertz CT molecular complexity index is 1270. The first-order valence-electron chi connectivity index (χ1n) is 12.6. The van der Waals surface area contributed by atoms with Crippen molar-refractivity contribution in [3.05, 3.63) is 90.5 Å². The second-order valence-electron chi connectivity index (χ2n) is 9.71. The number of hydrogen-bond acceptors (Lipinski definition) is 5. The molecular weight excluding hydrogens is 450 g/mol. The zero-order valence-corrected chi connectivity index (χ0v) is 20.8. The quantitative estimate of drug-likeness (QED) is 0.354. The lowest BCUT2D eigenvalue weighted by Crippen LogP contribution is -2.43. The van der Waals surface area contributed by atoms with Gasteiger partial charge in [-0.2, -0.15) is 5.10 Å². The van der Waals surface area contributed by atoms with Gasteiger partial charge in [-0.05, 0) is 53.9 Å². The van der Waals surface area contributed by atoms with Gasteiger partial charge in [0.1, 0.15) is 24.9 Å². The van der Waals surface area contributed by atoms with Crippen LogP contribution in [-0.2, 0) is 24.4 Å². The molecule has 1 saturated heterocycles. The molecule has 0 radical (unpaired) electrons. The fourth-order valence-corrected chi connectivity index (χ4v) is 4.97. The summed E-state index contributed by atoms with van der Waals surface area (Å²) in [6, 6.07) is 23.5. The van der Waals surface area contributed by atoms with E-state index in [9.17, 15) is 4.79 Å². The highest BCUT2D eigenvalue weighted by molar-refractivity contribution is 5.85. The summed E-state index contributed by atoms with van der Waals surface area (Å²) >= 11 is 0. The number of amides is 1. The summed E-state index contributed by atoms with van der Waals surface area (Å²) < 4.78 is 7.68. The fourth-order valence-electron chi connectivity index (χ4n) is 4.97. The average molecular weight is 484 g/mol. The molecule has 0 unspecified atom stereocenters. The van der Waals surface area contributed by atoms with Crippen molar-refractivity contribution in [1.82, 2.24) is 24.6 Å². The second-order valence-corrected chi connectivity index (χ2v) is 9.71. The molecule has 2 heterocycles. The van der Waals surface area contributed by atoms with Crippen LogP contribution in [0.1, 0.15) is 24.0 Å². The molecule has 1 atom stereocenters. The van der Waals surface area contributed by atoms with E-state index in [4.69, 9.17) is 4.74 Å². The number of ether oxygens (including phenoxy) is 1. The van der Waals surface area contributed by atoms with E-state index in [2.05, 4.69) is 88.8 Å². The third-order valence-electron chi connectivity index (χ3n) is 6.82. The number of aromatic nitrogens is 3. The topological polar surface area (TPSA) is 63.5 Å². The Morgan fingerprint density at radius 2 is 1.89 bits per heavy atom. The minimum absolute atomic E-state index is 0.0853. The summed E-state index contributed by atoms with van der Waals surface area (Å²) in [7, 11) is 2.16. The van der Waals surface area contributed by atoms with Crippen LogP contribution in [0, 0.1) is 5.92 Å².